The van der Waals surface area contributed by atoms with Crippen molar-refractivity contribution in [3.8, 4) is 0 Å². The number of carbonyl (C=O) groups excluding carboxylic acids is 1. The maximum absolute atomic E-state index is 11.2. The summed E-state index contributed by atoms with van der Waals surface area (Å²) in [6.45, 7) is 4.57. The van der Waals surface area contributed by atoms with E-state index in [1.165, 1.54) is 19.3 Å². The van der Waals surface area contributed by atoms with E-state index in [0.717, 1.165) is 12.8 Å². The second-order valence-corrected chi connectivity index (χ2v) is 4.51. The molecule has 0 spiro atoms. The average Bonchev–Trinajstić information content (AvgIpc) is 2.27. The smallest absolute Gasteiger partial charge is 0.246 e. The SMILES string of the molecule is C=CCNC(=O)COCC1(N)CCCCC1. The van der Waals surface area contributed by atoms with Crippen molar-refractivity contribution < 1.29 is 9.53 Å². The Balaban J connectivity index is 2.13. The number of nitrogens with two attached hydrogens (primary N) is 1. The maximum atomic E-state index is 11.2. The number of ether oxygens (including phenoxy) is 1. The molecule has 4 nitrogen and oxygen atoms in total. The number of rotatable bonds is 6. The molecule has 16 heavy (non-hydrogen) atoms. The predicted octanol–water partition coefficient (Wildman–Crippen LogP) is 0.967. The lowest BCUT2D eigenvalue weighted by atomic mass is 9.83. The van der Waals surface area contributed by atoms with Crippen LogP contribution in [0.15, 0.2) is 12.7 Å². The van der Waals surface area contributed by atoms with Crippen molar-refractivity contribution in [1.29, 1.82) is 0 Å². The topological polar surface area (TPSA) is 64.3 Å². The lowest BCUT2D eigenvalue weighted by Gasteiger charge is -2.32. The van der Waals surface area contributed by atoms with Crippen molar-refractivity contribution in [3.05, 3.63) is 12.7 Å². The first-order valence-corrected chi connectivity index (χ1v) is 5.90. The van der Waals surface area contributed by atoms with Gasteiger partial charge in [0, 0.05) is 12.1 Å². The largest absolute Gasteiger partial charge is 0.370 e. The van der Waals surface area contributed by atoms with Gasteiger partial charge in [0.1, 0.15) is 6.61 Å². The maximum Gasteiger partial charge on any atom is 0.246 e. The molecule has 3 N–H and O–H groups in total. The zero-order chi connectivity index (χ0) is 11.9. The molecule has 1 amide bonds. The third-order valence-electron chi connectivity index (χ3n) is 2.92. The van der Waals surface area contributed by atoms with E-state index >= 15 is 0 Å². The van der Waals surface area contributed by atoms with E-state index in [1.54, 1.807) is 6.08 Å². The summed E-state index contributed by atoms with van der Waals surface area (Å²) in [4.78, 5) is 11.2. The first-order chi connectivity index (χ1) is 7.66. The molecule has 0 aromatic rings. The van der Waals surface area contributed by atoms with Crippen LogP contribution < -0.4 is 11.1 Å². The van der Waals surface area contributed by atoms with Gasteiger partial charge in [-0.15, -0.1) is 6.58 Å². The fraction of sp³-hybridized carbons (Fsp3) is 0.750. The highest BCUT2D eigenvalue weighted by Crippen LogP contribution is 2.25. The lowest BCUT2D eigenvalue weighted by molar-refractivity contribution is -0.126. The van der Waals surface area contributed by atoms with E-state index < -0.39 is 0 Å². The summed E-state index contributed by atoms with van der Waals surface area (Å²) in [5.41, 5.74) is 5.96. The standard InChI is InChI=1S/C12H22N2O2/c1-2-8-14-11(15)9-16-10-12(13)6-4-3-5-7-12/h2H,1,3-10,13H2,(H,14,15). The van der Waals surface area contributed by atoms with E-state index in [9.17, 15) is 4.79 Å². The molecule has 0 bridgehead atoms. The van der Waals surface area contributed by atoms with Crippen LogP contribution in [0.1, 0.15) is 32.1 Å². The Morgan fingerprint density at radius 3 is 2.75 bits per heavy atom. The molecule has 0 heterocycles. The molecular weight excluding hydrogens is 204 g/mol. The van der Waals surface area contributed by atoms with Gasteiger partial charge >= 0.3 is 0 Å². The Hall–Kier alpha value is -0.870. The van der Waals surface area contributed by atoms with Gasteiger partial charge in [-0.05, 0) is 12.8 Å². The van der Waals surface area contributed by atoms with E-state index in [0.29, 0.717) is 13.2 Å². The summed E-state index contributed by atoms with van der Waals surface area (Å²) in [5, 5.41) is 2.66. The monoisotopic (exact) mass is 226 g/mol. The van der Waals surface area contributed by atoms with Crippen LogP contribution in [0.3, 0.4) is 0 Å². The van der Waals surface area contributed by atoms with Gasteiger partial charge in [0.2, 0.25) is 5.91 Å². The Bertz CT molecular complexity index is 235. The first-order valence-electron chi connectivity index (χ1n) is 5.90. The van der Waals surface area contributed by atoms with E-state index in [-0.39, 0.29) is 18.1 Å². The minimum atomic E-state index is -0.211. The second-order valence-electron chi connectivity index (χ2n) is 4.51. The number of nitrogens with one attached hydrogen (secondary N) is 1. The summed E-state index contributed by atoms with van der Waals surface area (Å²) >= 11 is 0. The molecule has 0 aliphatic heterocycles. The van der Waals surface area contributed by atoms with Crippen molar-refractivity contribution in [1.82, 2.24) is 5.32 Å². The highest BCUT2D eigenvalue weighted by Gasteiger charge is 2.27. The Labute approximate surface area is 97.2 Å². The molecule has 0 radical (unpaired) electrons. The molecule has 1 fully saturated rings. The minimum absolute atomic E-state index is 0.0901. The summed E-state index contributed by atoms with van der Waals surface area (Å²) < 4.78 is 5.36. The lowest BCUT2D eigenvalue weighted by Crippen LogP contribution is -2.46. The number of hydrogen-bond donors (Lipinski definition) is 2. The second kappa shape index (κ2) is 6.66. The number of amides is 1. The molecule has 1 saturated carbocycles. The van der Waals surface area contributed by atoms with Crippen LogP contribution in [-0.4, -0.2) is 31.2 Å². The van der Waals surface area contributed by atoms with Crippen LogP contribution >= 0.6 is 0 Å². The Morgan fingerprint density at radius 1 is 1.44 bits per heavy atom. The Morgan fingerprint density at radius 2 is 2.12 bits per heavy atom. The van der Waals surface area contributed by atoms with Crippen molar-refractivity contribution in [2.24, 2.45) is 5.73 Å². The Kier molecular flexibility index (Phi) is 5.49. The van der Waals surface area contributed by atoms with Crippen molar-refractivity contribution in [3.63, 3.8) is 0 Å². The van der Waals surface area contributed by atoms with Gasteiger partial charge in [-0.2, -0.15) is 0 Å². The molecule has 0 aromatic carbocycles. The molecule has 4 heteroatoms. The molecule has 0 saturated heterocycles. The zero-order valence-corrected chi connectivity index (χ0v) is 9.84. The van der Waals surface area contributed by atoms with Crippen molar-refractivity contribution in [2.75, 3.05) is 19.8 Å². The molecule has 0 unspecified atom stereocenters. The van der Waals surface area contributed by atoms with Crippen LogP contribution in [0.2, 0.25) is 0 Å². The summed E-state index contributed by atoms with van der Waals surface area (Å²) in [5.74, 6) is -0.112. The fourth-order valence-electron chi connectivity index (χ4n) is 1.98. The van der Waals surface area contributed by atoms with Crippen molar-refractivity contribution >= 4 is 5.91 Å². The van der Waals surface area contributed by atoms with Gasteiger partial charge in [-0.1, -0.05) is 25.3 Å². The van der Waals surface area contributed by atoms with Crippen LogP contribution in [0.25, 0.3) is 0 Å². The van der Waals surface area contributed by atoms with Gasteiger partial charge in [-0.3, -0.25) is 4.79 Å². The average molecular weight is 226 g/mol. The zero-order valence-electron chi connectivity index (χ0n) is 9.84. The van der Waals surface area contributed by atoms with Crippen LogP contribution in [0.5, 0.6) is 0 Å². The quantitative estimate of drug-likeness (QED) is 0.663. The molecular formula is C12H22N2O2. The van der Waals surface area contributed by atoms with Crippen LogP contribution in [0.4, 0.5) is 0 Å². The fourth-order valence-corrected chi connectivity index (χ4v) is 1.98. The van der Waals surface area contributed by atoms with Gasteiger partial charge in [0.25, 0.3) is 0 Å². The van der Waals surface area contributed by atoms with Gasteiger partial charge in [0.05, 0.1) is 6.61 Å². The molecule has 1 aliphatic carbocycles. The molecule has 92 valence electrons. The molecule has 1 aliphatic rings. The summed E-state index contributed by atoms with van der Waals surface area (Å²) in [7, 11) is 0. The van der Waals surface area contributed by atoms with Crippen LogP contribution in [-0.2, 0) is 9.53 Å². The normalized spacial score (nSPS) is 19.1. The van der Waals surface area contributed by atoms with Gasteiger partial charge < -0.3 is 15.8 Å². The van der Waals surface area contributed by atoms with Crippen molar-refractivity contribution in [2.45, 2.75) is 37.6 Å². The highest BCUT2D eigenvalue weighted by atomic mass is 16.5. The third-order valence-corrected chi connectivity index (χ3v) is 2.92. The molecule has 0 aromatic heterocycles. The molecule has 1 rings (SSSR count). The summed E-state index contributed by atoms with van der Waals surface area (Å²) in [6, 6.07) is 0. The molecule has 0 atom stereocenters. The van der Waals surface area contributed by atoms with E-state index in [1.807, 2.05) is 0 Å². The minimum Gasteiger partial charge on any atom is -0.370 e. The third kappa shape index (κ3) is 4.77. The number of carbonyl (C=O) groups is 1. The highest BCUT2D eigenvalue weighted by molar-refractivity contribution is 5.77. The van der Waals surface area contributed by atoms with Gasteiger partial charge in [-0.25, -0.2) is 0 Å². The first kappa shape index (κ1) is 13.2. The van der Waals surface area contributed by atoms with E-state index in [2.05, 4.69) is 11.9 Å². The predicted molar refractivity (Wildman–Crippen MR) is 64.0 cm³/mol. The van der Waals surface area contributed by atoms with Crippen LogP contribution in [0, 0.1) is 0 Å². The van der Waals surface area contributed by atoms with Gasteiger partial charge in [0.15, 0.2) is 0 Å². The summed E-state index contributed by atoms with van der Waals surface area (Å²) in [6.07, 6.45) is 7.25. The van der Waals surface area contributed by atoms with E-state index in [4.69, 9.17) is 10.5 Å². The number of hydrogen-bond acceptors (Lipinski definition) is 3.